The second kappa shape index (κ2) is 14.3. The van der Waals surface area contributed by atoms with Gasteiger partial charge in [0.15, 0.2) is 0 Å². The Bertz CT molecular complexity index is 736. The lowest BCUT2D eigenvalue weighted by Gasteiger charge is -2.46. The van der Waals surface area contributed by atoms with E-state index in [1.165, 1.54) is 0 Å². The summed E-state index contributed by atoms with van der Waals surface area (Å²) in [5, 5.41) is 5.70. The summed E-state index contributed by atoms with van der Waals surface area (Å²) in [6, 6.07) is -0.106. The first-order valence-electron chi connectivity index (χ1n) is 11.4. The van der Waals surface area contributed by atoms with Gasteiger partial charge in [0.25, 0.3) is 0 Å². The van der Waals surface area contributed by atoms with Crippen LogP contribution in [0.1, 0.15) is 52.9 Å². The lowest BCUT2D eigenvalue weighted by atomic mass is 9.62. The van der Waals surface area contributed by atoms with Crippen LogP contribution >= 0.6 is 0 Å². The number of alkyl carbamates (subject to hydrolysis) is 2. The number of nitrogens with one attached hydrogen (secondary N) is 2. The molecular formula is C24H38N2O8. The molecule has 10 nitrogen and oxygen atoms in total. The SMILES string of the molecule is C=CC(=O)OCCCCOC(=O)NC1CC(C)(C)CC(C)(CNC(=O)OCCOC(=O)C=C)C1. The standard InChI is InChI=1S/C24H38N2O8/c1-6-19(27)31-10-8-9-11-33-22(30)26-18-14-23(3,4)16-24(5,15-18)17-25-21(29)34-13-12-32-20(28)7-2/h6-7,18H,1-2,8-17H2,3-5H3,(H,25,29)(H,26,30). The number of hydrogen-bond donors (Lipinski definition) is 2. The van der Waals surface area contributed by atoms with E-state index in [1.54, 1.807) is 0 Å². The predicted molar refractivity (Wildman–Crippen MR) is 125 cm³/mol. The summed E-state index contributed by atoms with van der Waals surface area (Å²) in [6.07, 6.45) is 4.52. The van der Waals surface area contributed by atoms with Crippen LogP contribution in [0.15, 0.2) is 25.3 Å². The number of unbranched alkanes of at least 4 members (excludes halogenated alkanes) is 1. The topological polar surface area (TPSA) is 129 Å². The molecule has 0 saturated heterocycles. The van der Waals surface area contributed by atoms with Gasteiger partial charge in [-0.05, 0) is 42.9 Å². The summed E-state index contributed by atoms with van der Waals surface area (Å²) >= 11 is 0. The number of amides is 2. The smallest absolute Gasteiger partial charge is 0.407 e. The quantitative estimate of drug-likeness (QED) is 0.177. The molecule has 0 aromatic heterocycles. The van der Waals surface area contributed by atoms with Gasteiger partial charge in [-0.3, -0.25) is 0 Å². The highest BCUT2D eigenvalue weighted by Gasteiger charge is 2.42. The molecule has 0 spiro atoms. The molecule has 2 unspecified atom stereocenters. The molecule has 0 aliphatic heterocycles. The molecule has 0 aromatic rings. The summed E-state index contributed by atoms with van der Waals surface area (Å²) in [7, 11) is 0. The predicted octanol–water partition coefficient (Wildman–Crippen LogP) is 3.26. The average Bonchev–Trinajstić information content (AvgIpc) is 2.75. The zero-order valence-electron chi connectivity index (χ0n) is 20.5. The van der Waals surface area contributed by atoms with Crippen molar-refractivity contribution in [1.82, 2.24) is 10.6 Å². The third kappa shape index (κ3) is 12.3. The van der Waals surface area contributed by atoms with Crippen molar-refractivity contribution in [3.8, 4) is 0 Å². The lowest BCUT2D eigenvalue weighted by molar-refractivity contribution is -0.139. The Hall–Kier alpha value is -3.04. The van der Waals surface area contributed by atoms with Gasteiger partial charge in [-0.1, -0.05) is 33.9 Å². The van der Waals surface area contributed by atoms with Gasteiger partial charge in [-0.15, -0.1) is 0 Å². The van der Waals surface area contributed by atoms with Crippen molar-refractivity contribution in [3.05, 3.63) is 25.3 Å². The average molecular weight is 483 g/mol. The molecule has 0 radical (unpaired) electrons. The first-order valence-corrected chi connectivity index (χ1v) is 11.4. The second-order valence-corrected chi connectivity index (χ2v) is 9.48. The van der Waals surface area contributed by atoms with Crippen LogP contribution < -0.4 is 10.6 Å². The fourth-order valence-corrected chi connectivity index (χ4v) is 4.35. The molecule has 0 heterocycles. The molecule has 1 rings (SSSR count). The molecule has 34 heavy (non-hydrogen) atoms. The van der Waals surface area contributed by atoms with Gasteiger partial charge in [0.1, 0.15) is 13.2 Å². The highest BCUT2D eigenvalue weighted by Crippen LogP contribution is 2.45. The number of rotatable bonds is 13. The van der Waals surface area contributed by atoms with Gasteiger partial charge in [-0.2, -0.15) is 0 Å². The first-order chi connectivity index (χ1) is 16.0. The van der Waals surface area contributed by atoms with E-state index in [0.717, 1.165) is 25.0 Å². The van der Waals surface area contributed by atoms with Crippen LogP contribution in [-0.2, 0) is 28.5 Å². The van der Waals surface area contributed by atoms with Crippen LogP contribution in [0.3, 0.4) is 0 Å². The molecule has 10 heteroatoms. The van der Waals surface area contributed by atoms with Crippen LogP contribution in [0.2, 0.25) is 0 Å². The van der Waals surface area contributed by atoms with Crippen LogP contribution in [0.25, 0.3) is 0 Å². The van der Waals surface area contributed by atoms with Crippen molar-refractivity contribution in [2.24, 2.45) is 10.8 Å². The zero-order chi connectivity index (χ0) is 25.6. The number of carbonyl (C=O) groups excluding carboxylic acids is 4. The summed E-state index contributed by atoms with van der Waals surface area (Å²) in [4.78, 5) is 46.2. The van der Waals surface area contributed by atoms with Crippen LogP contribution in [-0.4, -0.2) is 63.1 Å². The Morgan fingerprint density at radius 2 is 1.35 bits per heavy atom. The van der Waals surface area contributed by atoms with Gasteiger partial charge in [0, 0.05) is 24.7 Å². The van der Waals surface area contributed by atoms with E-state index in [4.69, 9.17) is 18.9 Å². The molecule has 2 atom stereocenters. The molecule has 1 fully saturated rings. The van der Waals surface area contributed by atoms with Gasteiger partial charge in [-0.25, -0.2) is 19.2 Å². The van der Waals surface area contributed by atoms with Crippen molar-refractivity contribution in [2.45, 2.75) is 58.9 Å². The van der Waals surface area contributed by atoms with E-state index >= 15 is 0 Å². The van der Waals surface area contributed by atoms with Crippen molar-refractivity contribution in [3.63, 3.8) is 0 Å². The van der Waals surface area contributed by atoms with E-state index in [9.17, 15) is 19.2 Å². The molecule has 0 aromatic carbocycles. The number of carbonyl (C=O) groups is 4. The van der Waals surface area contributed by atoms with E-state index in [-0.39, 0.29) is 43.3 Å². The Kier molecular flexibility index (Phi) is 12.2. The highest BCUT2D eigenvalue weighted by atomic mass is 16.6. The fourth-order valence-electron chi connectivity index (χ4n) is 4.35. The van der Waals surface area contributed by atoms with E-state index in [1.807, 2.05) is 0 Å². The molecule has 1 saturated carbocycles. The first kappa shape index (κ1) is 29.0. The maximum atomic E-state index is 12.2. The number of ether oxygens (including phenoxy) is 4. The van der Waals surface area contributed by atoms with Gasteiger partial charge in [0.05, 0.1) is 13.2 Å². The normalized spacial score (nSPS) is 20.9. The summed E-state index contributed by atoms with van der Waals surface area (Å²) in [5.74, 6) is -1.05. The molecule has 1 aliphatic carbocycles. The van der Waals surface area contributed by atoms with Gasteiger partial charge >= 0.3 is 24.1 Å². The third-order valence-electron chi connectivity index (χ3n) is 5.34. The van der Waals surface area contributed by atoms with Gasteiger partial charge < -0.3 is 29.6 Å². The minimum atomic E-state index is -0.595. The van der Waals surface area contributed by atoms with Crippen molar-refractivity contribution in [2.75, 3.05) is 33.0 Å². The second-order valence-electron chi connectivity index (χ2n) is 9.48. The Morgan fingerprint density at radius 3 is 1.97 bits per heavy atom. The molecule has 2 amide bonds. The lowest BCUT2D eigenvalue weighted by Crippen LogP contribution is -2.50. The number of hydrogen-bond acceptors (Lipinski definition) is 8. The van der Waals surface area contributed by atoms with E-state index in [2.05, 4.69) is 44.6 Å². The van der Waals surface area contributed by atoms with E-state index < -0.39 is 24.1 Å². The molecule has 2 N–H and O–H groups in total. The third-order valence-corrected chi connectivity index (χ3v) is 5.34. The van der Waals surface area contributed by atoms with Crippen LogP contribution in [0.4, 0.5) is 9.59 Å². The highest BCUT2D eigenvalue weighted by molar-refractivity contribution is 5.81. The number of esters is 2. The Labute approximate surface area is 201 Å². The maximum Gasteiger partial charge on any atom is 0.407 e. The van der Waals surface area contributed by atoms with Gasteiger partial charge in [0.2, 0.25) is 0 Å². The Morgan fingerprint density at radius 1 is 0.824 bits per heavy atom. The molecular weight excluding hydrogens is 444 g/mol. The zero-order valence-corrected chi connectivity index (χ0v) is 20.5. The largest absolute Gasteiger partial charge is 0.463 e. The molecule has 0 bridgehead atoms. The molecule has 1 aliphatic rings. The Balaban J connectivity index is 2.39. The molecule has 192 valence electrons. The van der Waals surface area contributed by atoms with Crippen molar-refractivity contribution in [1.29, 1.82) is 0 Å². The van der Waals surface area contributed by atoms with Crippen LogP contribution in [0.5, 0.6) is 0 Å². The van der Waals surface area contributed by atoms with Crippen molar-refractivity contribution >= 4 is 24.1 Å². The van der Waals surface area contributed by atoms with E-state index in [0.29, 0.717) is 25.8 Å². The minimum absolute atomic E-state index is 0.0450. The monoisotopic (exact) mass is 482 g/mol. The fraction of sp³-hybridized carbons (Fsp3) is 0.667. The minimum Gasteiger partial charge on any atom is -0.463 e. The maximum absolute atomic E-state index is 12.2. The van der Waals surface area contributed by atoms with Crippen LogP contribution in [0, 0.1) is 10.8 Å². The summed E-state index contributed by atoms with van der Waals surface area (Å²) < 4.78 is 19.9. The van der Waals surface area contributed by atoms with Crippen molar-refractivity contribution < 1.29 is 38.1 Å². The summed E-state index contributed by atoms with van der Waals surface area (Å²) in [6.45, 7) is 13.7. The summed E-state index contributed by atoms with van der Waals surface area (Å²) in [5.41, 5.74) is -0.312.